The smallest absolute Gasteiger partial charge is 0.388 e. The van der Waals surface area contributed by atoms with E-state index in [0.717, 1.165) is 30.6 Å². The third-order valence-electron chi connectivity index (χ3n) is 3.16. The Morgan fingerprint density at radius 1 is 1.26 bits per heavy atom. The maximum Gasteiger partial charge on any atom is 0.388 e. The van der Waals surface area contributed by atoms with E-state index in [1.807, 2.05) is 10.7 Å². The molecule has 6 heteroatoms. The van der Waals surface area contributed by atoms with Gasteiger partial charge in [0.1, 0.15) is 0 Å². The Kier molecular flexibility index (Phi) is 3.15. The van der Waals surface area contributed by atoms with Crippen LogP contribution in [-0.2, 0) is 13.0 Å². The van der Waals surface area contributed by atoms with Crippen molar-refractivity contribution in [2.45, 2.75) is 32.4 Å². The molecule has 0 fully saturated rings. The van der Waals surface area contributed by atoms with Crippen LogP contribution in [0.5, 0.6) is 5.88 Å². The molecular weight excluding hydrogens is 252 g/mol. The quantitative estimate of drug-likeness (QED) is 0.856. The Labute approximate surface area is 109 Å². The van der Waals surface area contributed by atoms with Crippen LogP contribution in [0.15, 0.2) is 24.4 Å². The number of hydrogen-bond acceptors (Lipinski definition) is 3. The van der Waals surface area contributed by atoms with E-state index in [2.05, 4.69) is 14.8 Å². The minimum absolute atomic E-state index is 0.0847. The van der Waals surface area contributed by atoms with Crippen LogP contribution in [0.2, 0.25) is 0 Å². The van der Waals surface area contributed by atoms with Crippen molar-refractivity contribution < 1.29 is 13.5 Å². The molecule has 0 bridgehead atoms. The number of ether oxygens (including phenoxy) is 1. The van der Waals surface area contributed by atoms with E-state index in [4.69, 9.17) is 0 Å². The summed E-state index contributed by atoms with van der Waals surface area (Å²) in [6.45, 7) is -1.95. The molecule has 0 aromatic carbocycles. The molecule has 0 saturated carbocycles. The highest BCUT2D eigenvalue weighted by Gasteiger charge is 2.14. The fourth-order valence-electron chi connectivity index (χ4n) is 2.28. The maximum absolute atomic E-state index is 12.2. The van der Waals surface area contributed by atoms with Crippen LogP contribution >= 0.6 is 0 Å². The lowest BCUT2D eigenvalue weighted by Crippen LogP contribution is -2.10. The van der Waals surface area contributed by atoms with E-state index >= 15 is 0 Å². The second-order valence-corrected chi connectivity index (χ2v) is 4.46. The van der Waals surface area contributed by atoms with Crippen molar-refractivity contribution in [1.29, 1.82) is 0 Å². The van der Waals surface area contributed by atoms with Crippen molar-refractivity contribution in [3.05, 3.63) is 30.1 Å². The van der Waals surface area contributed by atoms with Crippen molar-refractivity contribution in [3.8, 4) is 17.1 Å². The molecule has 0 amide bonds. The van der Waals surface area contributed by atoms with E-state index in [1.165, 1.54) is 24.4 Å². The molecule has 1 aliphatic rings. The predicted molar refractivity (Wildman–Crippen MR) is 65.0 cm³/mol. The van der Waals surface area contributed by atoms with Gasteiger partial charge in [0.05, 0.1) is 5.69 Å². The van der Waals surface area contributed by atoms with Gasteiger partial charge < -0.3 is 4.74 Å². The second-order valence-electron chi connectivity index (χ2n) is 4.46. The van der Waals surface area contributed by atoms with Crippen molar-refractivity contribution >= 4 is 0 Å². The van der Waals surface area contributed by atoms with Crippen LogP contribution in [0.4, 0.5) is 8.78 Å². The molecule has 3 rings (SSSR count). The van der Waals surface area contributed by atoms with Gasteiger partial charge in [0.25, 0.3) is 0 Å². The van der Waals surface area contributed by atoms with E-state index in [1.54, 1.807) is 6.07 Å². The number of nitrogens with zero attached hydrogens (tertiary/aromatic N) is 3. The third kappa shape index (κ3) is 2.57. The first kappa shape index (κ1) is 12.1. The fraction of sp³-hybridized carbons (Fsp3) is 0.385. The van der Waals surface area contributed by atoms with Crippen LogP contribution in [-0.4, -0.2) is 21.4 Å². The summed E-state index contributed by atoms with van der Waals surface area (Å²) in [6, 6.07) is 5.23. The van der Waals surface area contributed by atoms with Gasteiger partial charge in [-0.15, -0.1) is 0 Å². The molecule has 4 nitrogen and oxygen atoms in total. The molecule has 0 radical (unpaired) electrons. The zero-order chi connectivity index (χ0) is 13.2. The largest absolute Gasteiger partial charge is 0.417 e. The van der Waals surface area contributed by atoms with Gasteiger partial charge in [-0.05, 0) is 31.4 Å². The summed E-state index contributed by atoms with van der Waals surface area (Å²) in [5.41, 5.74) is 2.71. The van der Waals surface area contributed by atoms with Gasteiger partial charge in [0.15, 0.2) is 0 Å². The number of hydrogen-bond donors (Lipinski definition) is 0. The lowest BCUT2D eigenvalue weighted by Gasteiger charge is -2.11. The Hall–Kier alpha value is -1.98. The molecule has 1 aliphatic heterocycles. The normalized spacial score (nSPS) is 14.5. The minimum Gasteiger partial charge on any atom is -0.417 e. The highest BCUT2D eigenvalue weighted by atomic mass is 19.3. The highest BCUT2D eigenvalue weighted by molar-refractivity contribution is 5.60. The third-order valence-corrected chi connectivity index (χ3v) is 3.16. The first-order valence-corrected chi connectivity index (χ1v) is 6.20. The van der Waals surface area contributed by atoms with Gasteiger partial charge in [0, 0.05) is 30.1 Å². The van der Waals surface area contributed by atoms with Crippen LogP contribution in [0, 0.1) is 0 Å². The zero-order valence-corrected chi connectivity index (χ0v) is 10.2. The van der Waals surface area contributed by atoms with Gasteiger partial charge in [-0.1, -0.05) is 0 Å². The van der Waals surface area contributed by atoms with E-state index in [0.29, 0.717) is 0 Å². The topological polar surface area (TPSA) is 39.9 Å². The van der Waals surface area contributed by atoms with Gasteiger partial charge in [-0.25, -0.2) is 4.98 Å². The number of halogens is 2. The monoisotopic (exact) mass is 265 g/mol. The van der Waals surface area contributed by atoms with Crippen LogP contribution in [0.25, 0.3) is 11.3 Å². The Morgan fingerprint density at radius 3 is 2.95 bits per heavy atom. The molecule has 2 aromatic rings. The van der Waals surface area contributed by atoms with E-state index < -0.39 is 6.61 Å². The lowest BCUT2D eigenvalue weighted by molar-refractivity contribution is -0.0528. The number of aromatic nitrogens is 3. The van der Waals surface area contributed by atoms with Gasteiger partial charge in [-0.2, -0.15) is 13.9 Å². The molecular formula is C13H13F2N3O. The van der Waals surface area contributed by atoms with Crippen LogP contribution in [0.3, 0.4) is 0 Å². The molecule has 0 unspecified atom stereocenters. The van der Waals surface area contributed by atoms with Gasteiger partial charge >= 0.3 is 6.61 Å². The van der Waals surface area contributed by atoms with Crippen molar-refractivity contribution in [2.24, 2.45) is 0 Å². The molecule has 2 aromatic heterocycles. The summed E-state index contributed by atoms with van der Waals surface area (Å²) < 4.78 is 30.6. The highest BCUT2D eigenvalue weighted by Crippen LogP contribution is 2.25. The summed E-state index contributed by atoms with van der Waals surface area (Å²) in [7, 11) is 0. The zero-order valence-electron chi connectivity index (χ0n) is 10.2. The average molecular weight is 265 g/mol. The number of fused-ring (bicyclic) bond motifs is 1. The first-order valence-electron chi connectivity index (χ1n) is 6.20. The molecule has 3 heterocycles. The standard InChI is InChI=1S/C13H13F2N3O/c14-13(15)19-12-7-9(4-5-16-12)11-8-10-3-1-2-6-18(10)17-11/h4-5,7-8,13H,1-3,6H2. The van der Waals surface area contributed by atoms with Crippen LogP contribution in [0.1, 0.15) is 18.5 Å². The van der Waals surface area contributed by atoms with Gasteiger partial charge in [-0.3, -0.25) is 4.68 Å². The van der Waals surface area contributed by atoms with Crippen LogP contribution < -0.4 is 4.74 Å². The fourth-order valence-corrected chi connectivity index (χ4v) is 2.28. The summed E-state index contributed by atoms with van der Waals surface area (Å²) in [5.74, 6) is -0.0847. The molecule has 0 spiro atoms. The lowest BCUT2D eigenvalue weighted by atomic mass is 10.1. The number of aryl methyl sites for hydroxylation is 2. The molecule has 0 saturated heterocycles. The summed E-state index contributed by atoms with van der Waals surface area (Å²) in [4.78, 5) is 3.75. The van der Waals surface area contributed by atoms with E-state index in [9.17, 15) is 8.78 Å². The summed E-state index contributed by atoms with van der Waals surface area (Å²) in [5, 5.41) is 4.49. The van der Waals surface area contributed by atoms with Gasteiger partial charge in [0.2, 0.25) is 5.88 Å². The molecule has 100 valence electrons. The van der Waals surface area contributed by atoms with Crippen molar-refractivity contribution in [2.75, 3.05) is 0 Å². The predicted octanol–water partition coefficient (Wildman–Crippen LogP) is 2.88. The second kappa shape index (κ2) is 4.95. The Bertz CT molecular complexity index is 560. The molecule has 19 heavy (non-hydrogen) atoms. The average Bonchev–Trinajstić information content (AvgIpc) is 2.82. The summed E-state index contributed by atoms with van der Waals surface area (Å²) >= 11 is 0. The number of rotatable bonds is 3. The maximum atomic E-state index is 12.2. The number of alkyl halides is 2. The molecule has 0 N–H and O–H groups in total. The number of pyridine rings is 1. The van der Waals surface area contributed by atoms with E-state index in [-0.39, 0.29) is 5.88 Å². The van der Waals surface area contributed by atoms with Crippen molar-refractivity contribution in [3.63, 3.8) is 0 Å². The summed E-state index contributed by atoms with van der Waals surface area (Å²) in [6.07, 6.45) is 4.76. The minimum atomic E-state index is -2.86. The Morgan fingerprint density at radius 2 is 2.16 bits per heavy atom. The van der Waals surface area contributed by atoms with Crippen molar-refractivity contribution in [1.82, 2.24) is 14.8 Å². The Balaban J connectivity index is 1.91. The molecule has 0 aliphatic carbocycles. The first-order chi connectivity index (χ1) is 9.22. The SMILES string of the molecule is FC(F)Oc1cc(-c2cc3n(n2)CCCC3)ccn1. The molecule has 0 atom stereocenters.